The third-order valence-corrected chi connectivity index (χ3v) is 5.28. The van der Waals surface area contributed by atoms with Crippen LogP contribution in [0.4, 0.5) is 5.69 Å². The van der Waals surface area contributed by atoms with Crippen LogP contribution in [0.5, 0.6) is 11.5 Å². The van der Waals surface area contributed by atoms with Crippen LogP contribution in [-0.2, 0) is 16.6 Å². The van der Waals surface area contributed by atoms with E-state index in [-0.39, 0.29) is 11.5 Å². The van der Waals surface area contributed by atoms with Gasteiger partial charge in [0.1, 0.15) is 16.4 Å². The summed E-state index contributed by atoms with van der Waals surface area (Å²) in [6, 6.07) is 6.22. The monoisotopic (exact) mass is 329 g/mol. The van der Waals surface area contributed by atoms with Gasteiger partial charge in [-0.15, -0.1) is 11.3 Å². The SMILES string of the molecule is COc1ccc(NS(=O)(=O)c2ccsc2CO)c(OC)c1. The summed E-state index contributed by atoms with van der Waals surface area (Å²) < 4.78 is 37.4. The summed E-state index contributed by atoms with van der Waals surface area (Å²) in [6.07, 6.45) is 0. The van der Waals surface area contributed by atoms with Gasteiger partial charge in [-0.25, -0.2) is 8.42 Å². The molecule has 0 aliphatic rings. The molecule has 0 fully saturated rings. The van der Waals surface area contributed by atoms with Gasteiger partial charge in [0.15, 0.2) is 0 Å². The number of rotatable bonds is 6. The van der Waals surface area contributed by atoms with Crippen molar-refractivity contribution in [1.29, 1.82) is 0 Å². The zero-order valence-electron chi connectivity index (χ0n) is 11.5. The van der Waals surface area contributed by atoms with Crippen molar-refractivity contribution in [3.63, 3.8) is 0 Å². The van der Waals surface area contributed by atoms with Gasteiger partial charge in [0.05, 0.1) is 31.4 Å². The highest BCUT2D eigenvalue weighted by atomic mass is 32.2. The number of anilines is 1. The van der Waals surface area contributed by atoms with Crippen molar-refractivity contribution in [1.82, 2.24) is 0 Å². The van der Waals surface area contributed by atoms with Crippen LogP contribution in [0.1, 0.15) is 4.88 Å². The van der Waals surface area contributed by atoms with E-state index in [0.29, 0.717) is 22.1 Å². The fraction of sp³-hybridized carbons (Fsp3) is 0.231. The van der Waals surface area contributed by atoms with Crippen LogP contribution < -0.4 is 14.2 Å². The molecule has 0 amide bonds. The Labute approximate surface area is 127 Å². The van der Waals surface area contributed by atoms with Crippen molar-refractivity contribution in [3.8, 4) is 11.5 Å². The molecule has 0 bridgehead atoms. The van der Waals surface area contributed by atoms with E-state index < -0.39 is 10.0 Å². The number of hydrogen-bond acceptors (Lipinski definition) is 6. The predicted molar refractivity (Wildman–Crippen MR) is 80.6 cm³/mol. The summed E-state index contributed by atoms with van der Waals surface area (Å²) in [5, 5.41) is 10.8. The number of aliphatic hydroxyl groups is 1. The molecule has 2 rings (SSSR count). The molecular weight excluding hydrogens is 314 g/mol. The fourth-order valence-electron chi connectivity index (χ4n) is 1.77. The van der Waals surface area contributed by atoms with Gasteiger partial charge < -0.3 is 14.6 Å². The lowest BCUT2D eigenvalue weighted by atomic mass is 10.3. The Morgan fingerprint density at radius 1 is 1.24 bits per heavy atom. The summed E-state index contributed by atoms with van der Waals surface area (Å²) >= 11 is 1.18. The van der Waals surface area contributed by atoms with Crippen LogP contribution in [0.3, 0.4) is 0 Å². The van der Waals surface area contributed by atoms with E-state index in [1.165, 1.54) is 31.6 Å². The van der Waals surface area contributed by atoms with E-state index in [0.717, 1.165) is 0 Å². The Bertz CT molecular complexity index is 724. The lowest BCUT2D eigenvalue weighted by Gasteiger charge is -2.13. The number of ether oxygens (including phenoxy) is 2. The highest BCUT2D eigenvalue weighted by Gasteiger charge is 2.21. The Hall–Kier alpha value is -1.77. The molecule has 114 valence electrons. The van der Waals surface area contributed by atoms with Crippen LogP contribution in [0.25, 0.3) is 0 Å². The largest absolute Gasteiger partial charge is 0.497 e. The van der Waals surface area contributed by atoms with Gasteiger partial charge in [-0.1, -0.05) is 0 Å². The molecular formula is C13H15NO5S2. The van der Waals surface area contributed by atoms with E-state index in [2.05, 4.69) is 4.72 Å². The first-order valence-electron chi connectivity index (χ1n) is 5.94. The molecule has 2 aromatic rings. The van der Waals surface area contributed by atoms with Crippen molar-refractivity contribution < 1.29 is 23.0 Å². The molecule has 1 heterocycles. The first kappa shape index (κ1) is 15.6. The van der Waals surface area contributed by atoms with E-state index in [1.54, 1.807) is 23.6 Å². The van der Waals surface area contributed by atoms with Crippen molar-refractivity contribution >= 4 is 27.0 Å². The lowest BCUT2D eigenvalue weighted by Crippen LogP contribution is -2.14. The highest BCUT2D eigenvalue weighted by Crippen LogP contribution is 2.32. The third-order valence-electron chi connectivity index (χ3n) is 2.79. The van der Waals surface area contributed by atoms with E-state index in [1.807, 2.05) is 0 Å². The van der Waals surface area contributed by atoms with E-state index in [9.17, 15) is 13.5 Å². The quantitative estimate of drug-likeness (QED) is 0.847. The smallest absolute Gasteiger partial charge is 0.263 e. The minimum Gasteiger partial charge on any atom is -0.497 e. The highest BCUT2D eigenvalue weighted by molar-refractivity contribution is 7.93. The Morgan fingerprint density at radius 2 is 2.00 bits per heavy atom. The van der Waals surface area contributed by atoms with Gasteiger partial charge in [0.25, 0.3) is 10.0 Å². The number of hydrogen-bond donors (Lipinski definition) is 2. The summed E-state index contributed by atoms with van der Waals surface area (Å²) in [4.78, 5) is 0.447. The standard InChI is InChI=1S/C13H15NO5S2/c1-18-9-3-4-10(11(7-9)19-2)14-21(16,17)13-5-6-20-12(13)8-15/h3-7,14-15H,8H2,1-2H3. The van der Waals surface area contributed by atoms with Crippen LogP contribution in [0.2, 0.25) is 0 Å². The van der Waals surface area contributed by atoms with E-state index in [4.69, 9.17) is 9.47 Å². The Balaban J connectivity index is 2.37. The van der Waals surface area contributed by atoms with E-state index >= 15 is 0 Å². The number of benzene rings is 1. The second-order valence-electron chi connectivity index (χ2n) is 4.04. The molecule has 0 spiro atoms. The molecule has 2 N–H and O–H groups in total. The molecule has 6 nitrogen and oxygen atoms in total. The number of aliphatic hydroxyl groups excluding tert-OH is 1. The molecule has 0 aliphatic heterocycles. The van der Waals surface area contributed by atoms with Gasteiger partial charge in [-0.3, -0.25) is 4.72 Å². The topological polar surface area (TPSA) is 84.9 Å². The Morgan fingerprint density at radius 3 is 2.62 bits per heavy atom. The molecule has 21 heavy (non-hydrogen) atoms. The zero-order chi connectivity index (χ0) is 15.5. The van der Waals surface area contributed by atoms with Crippen LogP contribution in [-0.4, -0.2) is 27.7 Å². The average Bonchev–Trinajstić information content (AvgIpc) is 2.96. The molecule has 0 unspecified atom stereocenters. The number of thiophene rings is 1. The molecule has 0 radical (unpaired) electrons. The molecule has 0 aliphatic carbocycles. The number of sulfonamides is 1. The van der Waals surface area contributed by atoms with Crippen molar-refractivity contribution in [2.45, 2.75) is 11.5 Å². The second kappa shape index (κ2) is 6.33. The van der Waals surface area contributed by atoms with Crippen LogP contribution >= 0.6 is 11.3 Å². The summed E-state index contributed by atoms with van der Waals surface area (Å²) in [6.45, 7) is -0.326. The van der Waals surface area contributed by atoms with Gasteiger partial charge in [-0.2, -0.15) is 0 Å². The molecule has 0 atom stereocenters. The van der Waals surface area contributed by atoms with Gasteiger partial charge in [0.2, 0.25) is 0 Å². The maximum atomic E-state index is 12.4. The predicted octanol–water partition coefficient (Wildman–Crippen LogP) is 2.06. The maximum absolute atomic E-state index is 12.4. The normalized spacial score (nSPS) is 11.2. The lowest BCUT2D eigenvalue weighted by molar-refractivity contribution is 0.282. The van der Waals surface area contributed by atoms with Crippen molar-refractivity contribution in [2.75, 3.05) is 18.9 Å². The molecule has 8 heteroatoms. The van der Waals surface area contributed by atoms with Crippen molar-refractivity contribution in [3.05, 3.63) is 34.5 Å². The molecule has 1 aromatic carbocycles. The number of methoxy groups -OCH3 is 2. The fourth-order valence-corrected chi connectivity index (χ4v) is 4.13. The van der Waals surface area contributed by atoms with Crippen molar-refractivity contribution in [2.24, 2.45) is 0 Å². The van der Waals surface area contributed by atoms with Gasteiger partial charge in [-0.05, 0) is 23.6 Å². The summed E-state index contributed by atoms with van der Waals surface area (Å²) in [5.41, 5.74) is 0.299. The Kier molecular flexibility index (Phi) is 4.71. The maximum Gasteiger partial charge on any atom is 0.263 e. The summed E-state index contributed by atoms with van der Waals surface area (Å²) in [7, 11) is -0.833. The number of nitrogens with one attached hydrogen (secondary N) is 1. The summed E-state index contributed by atoms with van der Waals surface area (Å²) in [5.74, 6) is 0.903. The average molecular weight is 329 g/mol. The second-order valence-corrected chi connectivity index (χ2v) is 6.69. The third kappa shape index (κ3) is 3.29. The van der Waals surface area contributed by atoms with Crippen LogP contribution in [0, 0.1) is 0 Å². The zero-order valence-corrected chi connectivity index (χ0v) is 13.1. The molecule has 1 aromatic heterocycles. The van der Waals surface area contributed by atoms with Gasteiger partial charge >= 0.3 is 0 Å². The minimum atomic E-state index is -3.79. The van der Waals surface area contributed by atoms with Crippen LogP contribution in [0.15, 0.2) is 34.5 Å². The molecule has 0 saturated carbocycles. The first-order valence-corrected chi connectivity index (χ1v) is 8.30. The molecule has 0 saturated heterocycles. The minimum absolute atomic E-state index is 0.0628. The first-order chi connectivity index (χ1) is 10.0. The van der Waals surface area contributed by atoms with Gasteiger partial charge in [0, 0.05) is 6.07 Å².